The molecule has 0 fully saturated rings. The normalized spacial score (nSPS) is 13.4. The number of aromatic nitrogens is 3. The Kier molecular flexibility index (Phi) is 2.99. The molecule has 1 amide bonds. The van der Waals surface area contributed by atoms with Crippen LogP contribution < -0.4 is 17.0 Å². The number of nitrogens with zero attached hydrogens (tertiary/aromatic N) is 2. The number of aromatic amines is 1. The molecule has 1 aliphatic heterocycles. The second-order valence-electron chi connectivity index (χ2n) is 6.12. The predicted molar refractivity (Wildman–Crippen MR) is 91.8 cm³/mol. The molecule has 7 heteroatoms. The first-order chi connectivity index (χ1) is 11.5. The van der Waals surface area contributed by atoms with Gasteiger partial charge in [0.15, 0.2) is 0 Å². The highest BCUT2D eigenvalue weighted by Crippen LogP contribution is 2.35. The summed E-state index contributed by atoms with van der Waals surface area (Å²) in [5.41, 5.74) is 15.5. The molecule has 0 spiro atoms. The summed E-state index contributed by atoms with van der Waals surface area (Å²) in [5, 5.41) is 7.74. The van der Waals surface area contributed by atoms with Gasteiger partial charge in [0.1, 0.15) is 0 Å². The summed E-state index contributed by atoms with van der Waals surface area (Å²) in [6, 6.07) is 3.80. The van der Waals surface area contributed by atoms with Crippen molar-refractivity contribution in [2.24, 2.45) is 5.73 Å². The number of carbonyl (C=O) groups is 1. The van der Waals surface area contributed by atoms with E-state index in [1.54, 1.807) is 10.8 Å². The standard InChI is InChI=1S/C17H17N5O2/c1-8-4-5-10-9(7-20-21-10)12(8)14-15(18)13(16(19)23)11-3-2-6-22(11)17(14)24/h4-5,7H,2-3,6,18H2,1H3,(H2,19,23)(H,20,21). The van der Waals surface area contributed by atoms with Gasteiger partial charge in [-0.15, -0.1) is 0 Å². The molecule has 122 valence electrons. The maximum absolute atomic E-state index is 13.1. The zero-order valence-corrected chi connectivity index (χ0v) is 13.2. The van der Waals surface area contributed by atoms with Crippen molar-refractivity contribution in [3.05, 3.63) is 45.5 Å². The molecule has 5 N–H and O–H groups in total. The Bertz CT molecular complexity index is 1060. The molecule has 0 aliphatic carbocycles. The number of benzene rings is 1. The van der Waals surface area contributed by atoms with Gasteiger partial charge < -0.3 is 16.0 Å². The highest BCUT2D eigenvalue weighted by atomic mass is 16.1. The van der Waals surface area contributed by atoms with E-state index in [0.29, 0.717) is 29.8 Å². The minimum absolute atomic E-state index is 0.164. The Labute approximate surface area is 137 Å². The van der Waals surface area contributed by atoms with E-state index in [2.05, 4.69) is 10.2 Å². The van der Waals surface area contributed by atoms with Gasteiger partial charge in [0.05, 0.1) is 28.5 Å². The van der Waals surface area contributed by atoms with Crippen LogP contribution in [0.2, 0.25) is 0 Å². The number of H-pyrrole nitrogens is 1. The van der Waals surface area contributed by atoms with Gasteiger partial charge in [-0.3, -0.25) is 14.7 Å². The van der Waals surface area contributed by atoms with E-state index in [4.69, 9.17) is 11.5 Å². The van der Waals surface area contributed by atoms with Crippen LogP contribution in [0.4, 0.5) is 5.69 Å². The summed E-state index contributed by atoms with van der Waals surface area (Å²) in [6.07, 6.45) is 3.10. The first-order valence-corrected chi connectivity index (χ1v) is 7.78. The van der Waals surface area contributed by atoms with Gasteiger partial charge in [-0.1, -0.05) is 6.07 Å². The summed E-state index contributed by atoms with van der Waals surface area (Å²) in [6.45, 7) is 2.48. The third-order valence-corrected chi connectivity index (χ3v) is 4.74. The number of carbonyl (C=O) groups excluding carboxylic acids is 1. The largest absolute Gasteiger partial charge is 0.397 e. The van der Waals surface area contributed by atoms with Crippen LogP contribution in [0.5, 0.6) is 0 Å². The van der Waals surface area contributed by atoms with Crippen LogP contribution in [0.1, 0.15) is 28.0 Å². The third-order valence-electron chi connectivity index (χ3n) is 4.74. The minimum Gasteiger partial charge on any atom is -0.397 e. The first-order valence-electron chi connectivity index (χ1n) is 7.78. The Morgan fingerprint density at radius 3 is 2.88 bits per heavy atom. The van der Waals surface area contributed by atoms with Gasteiger partial charge in [-0.25, -0.2) is 0 Å². The summed E-state index contributed by atoms with van der Waals surface area (Å²) >= 11 is 0. The van der Waals surface area contributed by atoms with Crippen molar-refractivity contribution in [1.29, 1.82) is 0 Å². The van der Waals surface area contributed by atoms with Crippen LogP contribution in [-0.2, 0) is 13.0 Å². The molecule has 3 heterocycles. The third kappa shape index (κ3) is 1.81. The summed E-state index contributed by atoms with van der Waals surface area (Å²) in [5.74, 6) is -0.601. The topological polar surface area (TPSA) is 120 Å². The van der Waals surface area contributed by atoms with Crippen molar-refractivity contribution in [3.8, 4) is 11.1 Å². The van der Waals surface area contributed by atoms with Crippen molar-refractivity contribution < 1.29 is 4.79 Å². The van der Waals surface area contributed by atoms with E-state index in [9.17, 15) is 9.59 Å². The molecule has 0 saturated heterocycles. The monoisotopic (exact) mass is 323 g/mol. The molecule has 3 aromatic rings. The lowest BCUT2D eigenvalue weighted by atomic mass is 9.94. The molecule has 0 bridgehead atoms. The van der Waals surface area contributed by atoms with E-state index >= 15 is 0 Å². The highest BCUT2D eigenvalue weighted by Gasteiger charge is 2.28. The average molecular weight is 323 g/mol. The average Bonchev–Trinajstić information content (AvgIpc) is 3.17. The molecule has 0 radical (unpaired) electrons. The number of anilines is 1. The zero-order chi connectivity index (χ0) is 17.0. The minimum atomic E-state index is -0.601. The van der Waals surface area contributed by atoms with Crippen molar-refractivity contribution in [2.75, 3.05) is 5.73 Å². The molecule has 0 atom stereocenters. The molecular weight excluding hydrogens is 306 g/mol. The van der Waals surface area contributed by atoms with Crippen LogP contribution in [0.25, 0.3) is 22.0 Å². The number of primary amides is 1. The van der Waals surface area contributed by atoms with Gasteiger partial charge >= 0.3 is 0 Å². The molecular formula is C17H17N5O2. The van der Waals surface area contributed by atoms with Crippen LogP contribution in [0, 0.1) is 6.92 Å². The van der Waals surface area contributed by atoms with Crippen LogP contribution >= 0.6 is 0 Å². The second-order valence-corrected chi connectivity index (χ2v) is 6.12. The fourth-order valence-corrected chi connectivity index (χ4v) is 3.66. The fourth-order valence-electron chi connectivity index (χ4n) is 3.66. The predicted octanol–water partition coefficient (Wildman–Crippen LogP) is 1.33. The zero-order valence-electron chi connectivity index (χ0n) is 13.2. The SMILES string of the molecule is Cc1ccc2[nH]ncc2c1-c1c(N)c(C(N)=O)c2n(c1=O)CCC2. The maximum atomic E-state index is 13.1. The number of nitrogens with two attached hydrogens (primary N) is 2. The number of nitrogens with one attached hydrogen (secondary N) is 1. The number of hydrogen-bond donors (Lipinski definition) is 3. The first kappa shape index (κ1) is 14.5. The molecule has 1 aliphatic rings. The summed E-state index contributed by atoms with van der Waals surface area (Å²) in [4.78, 5) is 25.1. The lowest BCUT2D eigenvalue weighted by Gasteiger charge is -2.17. The number of pyridine rings is 1. The molecule has 24 heavy (non-hydrogen) atoms. The molecule has 4 rings (SSSR count). The Morgan fingerprint density at radius 1 is 1.33 bits per heavy atom. The van der Waals surface area contributed by atoms with Crippen molar-refractivity contribution >= 4 is 22.5 Å². The van der Waals surface area contributed by atoms with Gasteiger partial charge in [-0.05, 0) is 31.4 Å². The van der Waals surface area contributed by atoms with Gasteiger partial charge in [0.25, 0.3) is 11.5 Å². The van der Waals surface area contributed by atoms with Crippen molar-refractivity contribution in [2.45, 2.75) is 26.3 Å². The lowest BCUT2D eigenvalue weighted by Crippen LogP contribution is -2.28. The lowest BCUT2D eigenvalue weighted by molar-refractivity contribution is 0.0999. The number of nitrogen functional groups attached to an aromatic ring is 1. The highest BCUT2D eigenvalue weighted by molar-refractivity contribution is 6.06. The van der Waals surface area contributed by atoms with Crippen molar-refractivity contribution in [3.63, 3.8) is 0 Å². The van der Waals surface area contributed by atoms with Gasteiger partial charge in [0.2, 0.25) is 0 Å². The fraction of sp³-hybridized carbons (Fsp3) is 0.235. The summed E-state index contributed by atoms with van der Waals surface area (Å²) < 4.78 is 1.63. The number of aryl methyl sites for hydroxylation is 1. The van der Waals surface area contributed by atoms with E-state index in [1.807, 2.05) is 19.1 Å². The van der Waals surface area contributed by atoms with Gasteiger partial charge in [0, 0.05) is 23.2 Å². The van der Waals surface area contributed by atoms with E-state index in [0.717, 1.165) is 22.9 Å². The second kappa shape index (κ2) is 4.95. The molecule has 0 saturated carbocycles. The van der Waals surface area contributed by atoms with E-state index in [-0.39, 0.29) is 16.8 Å². The Balaban J connectivity index is 2.19. The smallest absolute Gasteiger partial charge is 0.260 e. The molecule has 7 nitrogen and oxygen atoms in total. The number of hydrogen-bond acceptors (Lipinski definition) is 4. The Hall–Kier alpha value is -3.09. The van der Waals surface area contributed by atoms with Crippen molar-refractivity contribution in [1.82, 2.24) is 14.8 Å². The maximum Gasteiger partial charge on any atom is 0.260 e. The summed E-state index contributed by atoms with van der Waals surface area (Å²) in [7, 11) is 0. The molecule has 1 aromatic carbocycles. The van der Waals surface area contributed by atoms with Crippen LogP contribution in [0.15, 0.2) is 23.1 Å². The Morgan fingerprint density at radius 2 is 2.12 bits per heavy atom. The molecule has 0 unspecified atom stereocenters. The van der Waals surface area contributed by atoms with Gasteiger partial charge in [-0.2, -0.15) is 5.10 Å². The number of fused-ring (bicyclic) bond motifs is 2. The number of rotatable bonds is 2. The quantitative estimate of drug-likeness (QED) is 0.659. The van der Waals surface area contributed by atoms with Crippen LogP contribution in [-0.4, -0.2) is 20.7 Å². The molecule has 2 aromatic heterocycles. The number of amides is 1. The van der Waals surface area contributed by atoms with E-state index < -0.39 is 5.91 Å². The van der Waals surface area contributed by atoms with Crippen LogP contribution in [0.3, 0.4) is 0 Å². The van der Waals surface area contributed by atoms with E-state index in [1.165, 1.54) is 0 Å².